The van der Waals surface area contributed by atoms with E-state index in [9.17, 15) is 0 Å². The first-order valence-electron chi connectivity index (χ1n) is 5.42. The molecule has 0 saturated carbocycles. The van der Waals surface area contributed by atoms with Crippen molar-refractivity contribution in [2.75, 3.05) is 5.73 Å². The number of aromatic amines is 1. The molecule has 2 aromatic heterocycles. The second-order valence-electron chi connectivity index (χ2n) is 4.01. The summed E-state index contributed by atoms with van der Waals surface area (Å²) in [4.78, 5) is 12.0. The minimum atomic E-state index is 0.488. The van der Waals surface area contributed by atoms with Gasteiger partial charge in [-0.2, -0.15) is 0 Å². The van der Waals surface area contributed by atoms with Crippen molar-refractivity contribution < 1.29 is 0 Å². The van der Waals surface area contributed by atoms with E-state index in [-0.39, 0.29) is 0 Å². The highest BCUT2D eigenvalue weighted by atomic mass is 15.0. The van der Waals surface area contributed by atoms with Gasteiger partial charge in [-0.05, 0) is 13.0 Å². The molecule has 17 heavy (non-hydrogen) atoms. The quantitative estimate of drug-likeness (QED) is 0.667. The lowest BCUT2D eigenvalue weighted by Crippen LogP contribution is -1.96. The lowest BCUT2D eigenvalue weighted by molar-refractivity contribution is 1.22. The number of hydrogen-bond donors (Lipinski definition) is 2. The fraction of sp³-hybridized carbons (Fsp3) is 0.0769. The van der Waals surface area contributed by atoms with E-state index in [1.807, 2.05) is 43.3 Å². The number of anilines is 1. The molecular formula is C13H12N4. The molecule has 0 radical (unpaired) electrons. The lowest BCUT2D eigenvalue weighted by Gasteiger charge is -2.02. The van der Waals surface area contributed by atoms with Crippen molar-refractivity contribution in [3.8, 4) is 11.4 Å². The van der Waals surface area contributed by atoms with Crippen LogP contribution in [0.1, 0.15) is 5.69 Å². The van der Waals surface area contributed by atoms with Gasteiger partial charge in [0.05, 0.1) is 5.52 Å². The smallest absolute Gasteiger partial charge is 0.162 e. The number of hydrogen-bond acceptors (Lipinski definition) is 3. The van der Waals surface area contributed by atoms with Crippen LogP contribution in [0.5, 0.6) is 0 Å². The number of aryl methyl sites for hydroxylation is 1. The summed E-state index contributed by atoms with van der Waals surface area (Å²) >= 11 is 0. The monoisotopic (exact) mass is 224 g/mol. The molecule has 0 amide bonds. The van der Waals surface area contributed by atoms with Crippen molar-refractivity contribution in [1.29, 1.82) is 0 Å². The van der Waals surface area contributed by atoms with Crippen molar-refractivity contribution in [1.82, 2.24) is 15.0 Å². The second-order valence-corrected chi connectivity index (χ2v) is 4.01. The maximum atomic E-state index is 5.93. The Bertz CT molecular complexity index is 670. The van der Waals surface area contributed by atoms with Crippen LogP contribution in [0.2, 0.25) is 0 Å². The summed E-state index contributed by atoms with van der Waals surface area (Å²) in [5, 5.41) is 0. The van der Waals surface area contributed by atoms with Gasteiger partial charge in [-0.15, -0.1) is 0 Å². The third kappa shape index (κ3) is 1.63. The van der Waals surface area contributed by atoms with Gasteiger partial charge in [0, 0.05) is 11.3 Å². The topological polar surface area (TPSA) is 67.6 Å². The summed E-state index contributed by atoms with van der Waals surface area (Å²) in [7, 11) is 0. The third-order valence-electron chi connectivity index (χ3n) is 2.67. The summed E-state index contributed by atoms with van der Waals surface area (Å²) in [6.45, 7) is 1.98. The van der Waals surface area contributed by atoms with E-state index in [1.165, 1.54) is 0 Å². The number of nitrogens with two attached hydrogens (primary N) is 1. The second kappa shape index (κ2) is 3.59. The molecular weight excluding hydrogens is 212 g/mol. The molecule has 3 rings (SSSR count). The van der Waals surface area contributed by atoms with Crippen LogP contribution in [-0.4, -0.2) is 15.0 Å². The van der Waals surface area contributed by atoms with Crippen molar-refractivity contribution in [2.24, 2.45) is 0 Å². The SMILES string of the molecule is Cc1cc2nc(-c3ccccc3)nc(N)c2[nH]1. The number of nitrogens with one attached hydrogen (secondary N) is 1. The van der Waals surface area contributed by atoms with Gasteiger partial charge in [-0.25, -0.2) is 9.97 Å². The largest absolute Gasteiger partial charge is 0.382 e. The molecule has 0 bridgehead atoms. The van der Waals surface area contributed by atoms with E-state index in [2.05, 4.69) is 15.0 Å². The van der Waals surface area contributed by atoms with Crippen LogP contribution in [-0.2, 0) is 0 Å². The van der Waals surface area contributed by atoms with Crippen LogP contribution < -0.4 is 5.73 Å². The predicted octanol–water partition coefficient (Wildman–Crippen LogP) is 2.52. The Labute approximate surface area is 98.5 Å². The Morgan fingerprint density at radius 3 is 2.65 bits per heavy atom. The van der Waals surface area contributed by atoms with E-state index >= 15 is 0 Å². The molecule has 4 nitrogen and oxygen atoms in total. The molecule has 0 saturated heterocycles. The maximum Gasteiger partial charge on any atom is 0.162 e. The van der Waals surface area contributed by atoms with E-state index in [4.69, 9.17) is 5.73 Å². The number of fused-ring (bicyclic) bond motifs is 1. The molecule has 2 heterocycles. The van der Waals surface area contributed by atoms with Crippen molar-refractivity contribution in [2.45, 2.75) is 6.92 Å². The Morgan fingerprint density at radius 2 is 1.88 bits per heavy atom. The normalized spacial score (nSPS) is 10.9. The van der Waals surface area contributed by atoms with E-state index in [0.717, 1.165) is 22.3 Å². The number of benzene rings is 1. The minimum absolute atomic E-state index is 0.488. The maximum absolute atomic E-state index is 5.93. The average Bonchev–Trinajstić information content (AvgIpc) is 2.71. The van der Waals surface area contributed by atoms with Gasteiger partial charge in [-0.1, -0.05) is 30.3 Å². The molecule has 0 unspecified atom stereocenters. The molecule has 0 spiro atoms. The molecule has 84 valence electrons. The van der Waals surface area contributed by atoms with Gasteiger partial charge in [-0.3, -0.25) is 0 Å². The van der Waals surface area contributed by atoms with E-state index in [0.29, 0.717) is 11.6 Å². The highest BCUT2D eigenvalue weighted by Crippen LogP contribution is 2.22. The third-order valence-corrected chi connectivity index (χ3v) is 2.67. The highest BCUT2D eigenvalue weighted by Gasteiger charge is 2.08. The van der Waals surface area contributed by atoms with Crippen LogP contribution in [0.3, 0.4) is 0 Å². The molecule has 3 N–H and O–H groups in total. The van der Waals surface area contributed by atoms with Gasteiger partial charge < -0.3 is 10.7 Å². The molecule has 4 heteroatoms. The molecule has 0 aliphatic rings. The summed E-state index contributed by atoms with van der Waals surface area (Å²) < 4.78 is 0. The van der Waals surface area contributed by atoms with E-state index in [1.54, 1.807) is 0 Å². The van der Waals surface area contributed by atoms with Gasteiger partial charge in [0.15, 0.2) is 11.6 Å². The molecule has 0 aliphatic carbocycles. The van der Waals surface area contributed by atoms with Crippen molar-refractivity contribution >= 4 is 16.9 Å². The number of nitrogen functional groups attached to an aromatic ring is 1. The first kappa shape index (κ1) is 9.84. The fourth-order valence-corrected chi connectivity index (χ4v) is 1.88. The number of H-pyrrole nitrogens is 1. The molecule has 3 aromatic rings. The van der Waals surface area contributed by atoms with Crippen LogP contribution in [0, 0.1) is 6.92 Å². The van der Waals surface area contributed by atoms with Gasteiger partial charge >= 0.3 is 0 Å². The average molecular weight is 224 g/mol. The lowest BCUT2D eigenvalue weighted by atomic mass is 10.2. The number of nitrogens with zero attached hydrogens (tertiary/aromatic N) is 2. The number of aromatic nitrogens is 3. The molecule has 0 fully saturated rings. The van der Waals surface area contributed by atoms with Gasteiger partial charge in [0.1, 0.15) is 5.52 Å². The zero-order valence-corrected chi connectivity index (χ0v) is 9.44. The van der Waals surface area contributed by atoms with Crippen LogP contribution >= 0.6 is 0 Å². The van der Waals surface area contributed by atoms with Crippen LogP contribution in [0.15, 0.2) is 36.4 Å². The first-order chi connectivity index (χ1) is 8.24. The zero-order chi connectivity index (χ0) is 11.8. The first-order valence-corrected chi connectivity index (χ1v) is 5.42. The highest BCUT2D eigenvalue weighted by molar-refractivity contribution is 5.87. The standard InChI is InChI=1S/C13H12N4/c1-8-7-10-11(15-8)12(14)17-13(16-10)9-5-3-2-4-6-9/h2-7,15H,1H3,(H2,14,16,17). The Morgan fingerprint density at radius 1 is 1.12 bits per heavy atom. The van der Waals surface area contributed by atoms with E-state index < -0.39 is 0 Å². The summed E-state index contributed by atoms with van der Waals surface area (Å²) in [5.41, 5.74) is 9.59. The van der Waals surface area contributed by atoms with Crippen LogP contribution in [0.4, 0.5) is 5.82 Å². The van der Waals surface area contributed by atoms with Gasteiger partial charge in [0.25, 0.3) is 0 Å². The van der Waals surface area contributed by atoms with Crippen LogP contribution in [0.25, 0.3) is 22.4 Å². The minimum Gasteiger partial charge on any atom is -0.382 e. The Kier molecular flexibility index (Phi) is 2.08. The summed E-state index contributed by atoms with van der Waals surface area (Å²) in [6.07, 6.45) is 0. The molecule has 0 atom stereocenters. The van der Waals surface area contributed by atoms with Gasteiger partial charge in [0.2, 0.25) is 0 Å². The van der Waals surface area contributed by atoms with Crippen molar-refractivity contribution in [3.05, 3.63) is 42.1 Å². The summed E-state index contributed by atoms with van der Waals surface area (Å²) in [6, 6.07) is 11.8. The zero-order valence-electron chi connectivity index (χ0n) is 9.44. The summed E-state index contributed by atoms with van der Waals surface area (Å²) in [5.74, 6) is 1.15. The Hall–Kier alpha value is -2.36. The predicted molar refractivity (Wildman–Crippen MR) is 68.5 cm³/mol. The van der Waals surface area contributed by atoms with Crippen molar-refractivity contribution in [3.63, 3.8) is 0 Å². The fourth-order valence-electron chi connectivity index (χ4n) is 1.88. The Balaban J connectivity index is 2.25. The molecule has 1 aromatic carbocycles. The molecule has 0 aliphatic heterocycles. The number of rotatable bonds is 1.